The Bertz CT molecular complexity index is 385. The minimum Gasteiger partial charge on any atom is -0.503 e. The van der Waals surface area contributed by atoms with Crippen molar-refractivity contribution < 1.29 is 14.6 Å². The van der Waals surface area contributed by atoms with E-state index in [-0.39, 0.29) is 5.75 Å². The Morgan fingerprint density at radius 2 is 2.11 bits per heavy atom. The highest BCUT2D eigenvalue weighted by molar-refractivity contribution is 9.10. The number of hydrogen-bond acceptors (Lipinski definition) is 4. The van der Waals surface area contributed by atoms with E-state index in [0.29, 0.717) is 16.1 Å². The van der Waals surface area contributed by atoms with E-state index in [4.69, 9.17) is 9.47 Å². The molecule has 0 heterocycles. The topological polar surface area (TPSA) is 50.7 Å². The fourth-order valence-corrected chi connectivity index (χ4v) is 2.18. The van der Waals surface area contributed by atoms with Gasteiger partial charge in [-0.2, -0.15) is 0 Å². The maximum atomic E-state index is 9.70. The van der Waals surface area contributed by atoms with Crippen molar-refractivity contribution in [3.05, 3.63) is 22.2 Å². The van der Waals surface area contributed by atoms with Crippen LogP contribution < -0.4 is 10.1 Å². The van der Waals surface area contributed by atoms with Crippen LogP contribution in [0.2, 0.25) is 0 Å². The first-order valence-corrected chi connectivity index (χ1v) is 6.62. The Balaban J connectivity index is 2.55. The van der Waals surface area contributed by atoms with Gasteiger partial charge in [0.2, 0.25) is 0 Å². The highest BCUT2D eigenvalue weighted by atomic mass is 79.9. The maximum absolute atomic E-state index is 9.70. The van der Waals surface area contributed by atoms with E-state index in [1.54, 1.807) is 14.2 Å². The Morgan fingerprint density at radius 3 is 2.72 bits per heavy atom. The summed E-state index contributed by atoms with van der Waals surface area (Å²) in [5.41, 5.74) is 1.06. The number of methoxy groups -OCH3 is 2. The van der Waals surface area contributed by atoms with Crippen molar-refractivity contribution in [1.29, 1.82) is 0 Å². The van der Waals surface area contributed by atoms with Crippen LogP contribution in [0.15, 0.2) is 16.6 Å². The lowest BCUT2D eigenvalue weighted by Gasteiger charge is -2.13. The highest BCUT2D eigenvalue weighted by Gasteiger charge is 2.08. The van der Waals surface area contributed by atoms with E-state index < -0.39 is 0 Å². The van der Waals surface area contributed by atoms with E-state index in [1.807, 2.05) is 12.1 Å². The van der Waals surface area contributed by atoms with E-state index in [2.05, 4.69) is 28.2 Å². The van der Waals surface area contributed by atoms with Gasteiger partial charge in [0.1, 0.15) is 0 Å². The second kappa shape index (κ2) is 7.61. The summed E-state index contributed by atoms with van der Waals surface area (Å²) < 4.78 is 10.8. The van der Waals surface area contributed by atoms with Crippen LogP contribution in [0.5, 0.6) is 11.5 Å². The fourth-order valence-electron chi connectivity index (χ4n) is 1.69. The number of nitrogens with one attached hydrogen (secondary N) is 1. The van der Waals surface area contributed by atoms with Gasteiger partial charge in [-0.15, -0.1) is 0 Å². The van der Waals surface area contributed by atoms with Gasteiger partial charge in [0.25, 0.3) is 0 Å². The third-order valence-electron chi connectivity index (χ3n) is 2.58. The monoisotopic (exact) mass is 317 g/mol. The molecule has 0 aliphatic heterocycles. The van der Waals surface area contributed by atoms with Crippen LogP contribution in [0.4, 0.5) is 0 Å². The van der Waals surface area contributed by atoms with Crippen LogP contribution >= 0.6 is 15.9 Å². The van der Waals surface area contributed by atoms with Gasteiger partial charge in [-0.1, -0.05) is 6.92 Å². The second-order valence-corrected chi connectivity index (χ2v) is 5.17. The molecule has 0 spiro atoms. The minimum absolute atomic E-state index is 0.133. The minimum atomic E-state index is 0.133. The lowest BCUT2D eigenvalue weighted by Crippen LogP contribution is -2.23. The van der Waals surface area contributed by atoms with Crippen molar-refractivity contribution >= 4 is 15.9 Å². The molecule has 1 aromatic carbocycles. The molecular formula is C13H20BrNO3. The van der Waals surface area contributed by atoms with Gasteiger partial charge in [0, 0.05) is 26.8 Å². The van der Waals surface area contributed by atoms with Gasteiger partial charge in [-0.05, 0) is 39.5 Å². The first-order valence-electron chi connectivity index (χ1n) is 5.83. The van der Waals surface area contributed by atoms with Crippen LogP contribution in [-0.4, -0.2) is 32.5 Å². The number of hydrogen-bond donors (Lipinski definition) is 2. The van der Waals surface area contributed by atoms with Gasteiger partial charge >= 0.3 is 0 Å². The van der Waals surface area contributed by atoms with Crippen LogP contribution in [0, 0.1) is 5.92 Å². The predicted molar refractivity (Wildman–Crippen MR) is 75.1 cm³/mol. The number of benzene rings is 1. The summed E-state index contributed by atoms with van der Waals surface area (Å²) >= 11 is 3.31. The van der Waals surface area contributed by atoms with Crippen LogP contribution in [0.1, 0.15) is 12.5 Å². The molecule has 18 heavy (non-hydrogen) atoms. The molecule has 0 aliphatic rings. The lowest BCUT2D eigenvalue weighted by molar-refractivity contribution is 0.158. The van der Waals surface area contributed by atoms with E-state index >= 15 is 0 Å². The molecule has 0 fully saturated rings. The summed E-state index contributed by atoms with van der Waals surface area (Å²) in [7, 11) is 3.25. The number of phenols is 1. The van der Waals surface area contributed by atoms with Crippen molar-refractivity contribution in [3.63, 3.8) is 0 Å². The Morgan fingerprint density at radius 1 is 1.39 bits per heavy atom. The molecule has 1 aromatic rings. The van der Waals surface area contributed by atoms with Gasteiger partial charge < -0.3 is 19.9 Å². The van der Waals surface area contributed by atoms with Crippen molar-refractivity contribution in [2.24, 2.45) is 5.92 Å². The Hall–Kier alpha value is -0.780. The van der Waals surface area contributed by atoms with Gasteiger partial charge in [-0.25, -0.2) is 0 Å². The molecule has 1 unspecified atom stereocenters. The van der Waals surface area contributed by atoms with E-state index in [9.17, 15) is 5.11 Å². The maximum Gasteiger partial charge on any atom is 0.172 e. The van der Waals surface area contributed by atoms with Crippen molar-refractivity contribution in [3.8, 4) is 11.5 Å². The molecule has 0 aromatic heterocycles. The molecule has 1 atom stereocenters. The molecule has 0 saturated carbocycles. The summed E-state index contributed by atoms with van der Waals surface area (Å²) in [6.07, 6.45) is 0. The average Bonchev–Trinajstić information content (AvgIpc) is 2.33. The van der Waals surface area contributed by atoms with Crippen molar-refractivity contribution in [1.82, 2.24) is 5.32 Å². The average molecular weight is 318 g/mol. The number of rotatable bonds is 7. The SMILES string of the molecule is COCC(C)CNCc1cc(Br)c(O)c(OC)c1. The Kier molecular flexibility index (Phi) is 6.46. The third-order valence-corrected chi connectivity index (χ3v) is 3.19. The molecule has 0 radical (unpaired) electrons. The molecule has 102 valence electrons. The number of halogens is 1. The number of ether oxygens (including phenoxy) is 2. The normalized spacial score (nSPS) is 12.4. The first-order chi connectivity index (χ1) is 8.58. The predicted octanol–water partition coefficient (Wildman–Crippen LogP) is 2.54. The number of phenolic OH excluding ortho intramolecular Hbond substituents is 1. The summed E-state index contributed by atoms with van der Waals surface area (Å²) in [6, 6.07) is 3.71. The Labute approximate surface area is 116 Å². The zero-order valence-electron chi connectivity index (χ0n) is 11.0. The number of aromatic hydroxyl groups is 1. The van der Waals surface area contributed by atoms with Crippen molar-refractivity contribution in [2.45, 2.75) is 13.5 Å². The quantitative estimate of drug-likeness (QED) is 0.811. The molecular weight excluding hydrogens is 298 g/mol. The smallest absolute Gasteiger partial charge is 0.172 e. The van der Waals surface area contributed by atoms with E-state index in [0.717, 1.165) is 25.3 Å². The van der Waals surface area contributed by atoms with Crippen LogP contribution in [0.25, 0.3) is 0 Å². The van der Waals surface area contributed by atoms with Gasteiger partial charge in [-0.3, -0.25) is 0 Å². The molecule has 0 bridgehead atoms. The molecule has 2 N–H and O–H groups in total. The molecule has 4 nitrogen and oxygen atoms in total. The lowest BCUT2D eigenvalue weighted by atomic mass is 10.1. The van der Waals surface area contributed by atoms with Crippen LogP contribution in [-0.2, 0) is 11.3 Å². The summed E-state index contributed by atoms with van der Waals surface area (Å²) in [5.74, 6) is 1.08. The second-order valence-electron chi connectivity index (χ2n) is 4.32. The molecule has 0 amide bonds. The third kappa shape index (κ3) is 4.48. The van der Waals surface area contributed by atoms with Crippen LogP contribution in [0.3, 0.4) is 0 Å². The molecule has 5 heteroatoms. The fraction of sp³-hybridized carbons (Fsp3) is 0.538. The summed E-state index contributed by atoms with van der Waals surface area (Å²) in [4.78, 5) is 0. The van der Waals surface area contributed by atoms with E-state index in [1.165, 1.54) is 0 Å². The summed E-state index contributed by atoms with van der Waals surface area (Å²) in [6.45, 7) is 4.48. The van der Waals surface area contributed by atoms with Crippen molar-refractivity contribution in [2.75, 3.05) is 27.4 Å². The van der Waals surface area contributed by atoms with Gasteiger partial charge in [0.15, 0.2) is 11.5 Å². The molecule has 0 aliphatic carbocycles. The standard InChI is InChI=1S/C13H20BrNO3/c1-9(8-17-2)6-15-7-10-4-11(14)13(16)12(5-10)18-3/h4-5,9,15-16H,6-8H2,1-3H3. The van der Waals surface area contributed by atoms with Gasteiger partial charge in [0.05, 0.1) is 11.6 Å². The molecule has 0 saturated heterocycles. The summed E-state index contributed by atoms with van der Waals surface area (Å²) in [5, 5.41) is 13.0. The highest BCUT2D eigenvalue weighted by Crippen LogP contribution is 2.35. The largest absolute Gasteiger partial charge is 0.503 e. The zero-order chi connectivity index (χ0) is 13.5. The first kappa shape index (κ1) is 15.3. The zero-order valence-corrected chi connectivity index (χ0v) is 12.6. The molecule has 1 rings (SSSR count).